The Labute approximate surface area is 195 Å². The number of tetrazole rings is 1. The van der Waals surface area contributed by atoms with Gasteiger partial charge in [-0.2, -0.15) is 10.5 Å². The zero-order valence-corrected chi connectivity index (χ0v) is 18.3. The fourth-order valence-corrected chi connectivity index (χ4v) is 4.10. The molecular formula is C26H21N7O. The third-order valence-electron chi connectivity index (χ3n) is 5.72. The minimum atomic E-state index is -0.245. The lowest BCUT2D eigenvalue weighted by Crippen LogP contribution is -2.18. The second kappa shape index (κ2) is 9.38. The van der Waals surface area contributed by atoms with Crippen LogP contribution < -0.4 is 5.32 Å². The van der Waals surface area contributed by atoms with Crippen LogP contribution >= 0.6 is 0 Å². The molecule has 0 fully saturated rings. The molecule has 8 nitrogen and oxygen atoms in total. The molecule has 34 heavy (non-hydrogen) atoms. The van der Waals surface area contributed by atoms with Crippen LogP contribution in [0.25, 0.3) is 22.3 Å². The summed E-state index contributed by atoms with van der Waals surface area (Å²) in [5.74, 6) is 0.0566. The number of benzene rings is 3. The van der Waals surface area contributed by atoms with E-state index in [0.29, 0.717) is 34.9 Å². The molecule has 0 unspecified atom stereocenters. The van der Waals surface area contributed by atoms with Crippen molar-refractivity contribution in [3.05, 3.63) is 95.7 Å². The van der Waals surface area contributed by atoms with Gasteiger partial charge in [0.25, 0.3) is 5.91 Å². The third-order valence-corrected chi connectivity index (χ3v) is 5.72. The van der Waals surface area contributed by atoms with Crippen LogP contribution in [0.3, 0.4) is 0 Å². The van der Waals surface area contributed by atoms with Gasteiger partial charge in [0, 0.05) is 23.0 Å². The average Bonchev–Trinajstić information content (AvgIpc) is 3.54. The summed E-state index contributed by atoms with van der Waals surface area (Å²) in [7, 11) is 0. The average molecular weight is 448 g/mol. The number of para-hydroxylation sites is 1. The van der Waals surface area contributed by atoms with E-state index in [9.17, 15) is 10.1 Å². The molecule has 0 saturated carbocycles. The van der Waals surface area contributed by atoms with Crippen LogP contribution in [0.15, 0.2) is 78.9 Å². The topological polar surface area (TPSA) is 112 Å². The Morgan fingerprint density at radius 1 is 1.03 bits per heavy atom. The van der Waals surface area contributed by atoms with Crippen LogP contribution in [-0.4, -0.2) is 31.1 Å². The molecule has 1 amide bonds. The number of aromatic nitrogens is 5. The molecule has 0 atom stereocenters. The van der Waals surface area contributed by atoms with Gasteiger partial charge in [0.2, 0.25) is 5.82 Å². The van der Waals surface area contributed by atoms with E-state index >= 15 is 0 Å². The van der Waals surface area contributed by atoms with Gasteiger partial charge in [-0.25, -0.2) is 0 Å². The monoisotopic (exact) mass is 447 g/mol. The van der Waals surface area contributed by atoms with Gasteiger partial charge in [-0.15, -0.1) is 10.2 Å². The number of H-pyrrole nitrogens is 1. The van der Waals surface area contributed by atoms with E-state index in [0.717, 1.165) is 23.7 Å². The number of nitriles is 1. The molecule has 0 radical (unpaired) electrons. The first-order chi connectivity index (χ1) is 16.7. The summed E-state index contributed by atoms with van der Waals surface area (Å²) in [6.07, 6.45) is 1.82. The first kappa shape index (κ1) is 21.1. The number of carbonyl (C=O) groups is 1. The first-order valence-electron chi connectivity index (χ1n) is 10.9. The van der Waals surface area contributed by atoms with Crippen molar-refractivity contribution in [3.8, 4) is 17.5 Å². The highest BCUT2D eigenvalue weighted by atomic mass is 16.2. The van der Waals surface area contributed by atoms with Crippen LogP contribution in [0.5, 0.6) is 0 Å². The van der Waals surface area contributed by atoms with Crippen molar-refractivity contribution in [3.63, 3.8) is 0 Å². The predicted molar refractivity (Wildman–Crippen MR) is 129 cm³/mol. The van der Waals surface area contributed by atoms with Crippen LogP contribution in [0.4, 0.5) is 5.69 Å². The third kappa shape index (κ3) is 4.27. The lowest BCUT2D eigenvalue weighted by Gasteiger charge is -2.13. The molecule has 5 rings (SSSR count). The number of hydrogen-bond donors (Lipinski definition) is 2. The van der Waals surface area contributed by atoms with Crippen LogP contribution in [0, 0.1) is 11.3 Å². The molecule has 0 spiro atoms. The molecule has 166 valence electrons. The minimum absolute atomic E-state index is 0.245. The van der Waals surface area contributed by atoms with Gasteiger partial charge in [0.15, 0.2) is 0 Å². The lowest BCUT2D eigenvalue weighted by atomic mass is 10.1. The lowest BCUT2D eigenvalue weighted by molar-refractivity contribution is 0.101. The highest BCUT2D eigenvalue weighted by Gasteiger charge is 2.18. The predicted octanol–water partition coefficient (Wildman–Crippen LogP) is 4.58. The zero-order chi connectivity index (χ0) is 23.3. The number of hydrogen-bond acceptors (Lipinski definition) is 5. The quantitative estimate of drug-likeness (QED) is 0.379. The number of amides is 1. The molecule has 8 heteroatoms. The second-order valence-corrected chi connectivity index (χ2v) is 7.89. The molecule has 2 N–H and O–H groups in total. The van der Waals surface area contributed by atoms with Gasteiger partial charge in [0.05, 0.1) is 17.3 Å². The standard InChI is InChI=1S/C26H21N7O/c27-17-19-12-13-22(21(15-19)25-29-31-32-30-25)28-26(34)24-16-20-10-4-5-11-23(20)33(24)14-6-9-18-7-2-1-3-8-18/h1-5,7-8,10-13,15-16H,6,9,14H2,(H,28,34)(H,29,30,31,32). The SMILES string of the molecule is N#Cc1ccc(NC(=O)c2cc3ccccc3n2CCCc2ccccc2)c(-c2nn[nH]n2)c1. The van der Waals surface area contributed by atoms with Crippen LogP contribution in [0.2, 0.25) is 0 Å². The van der Waals surface area contributed by atoms with Crippen molar-refractivity contribution in [2.24, 2.45) is 0 Å². The number of carbonyl (C=O) groups excluding carboxylic acids is 1. The number of aromatic amines is 1. The molecule has 0 aliphatic carbocycles. The normalized spacial score (nSPS) is 10.8. The van der Waals surface area contributed by atoms with Crippen molar-refractivity contribution in [2.45, 2.75) is 19.4 Å². The van der Waals surface area contributed by atoms with Crippen molar-refractivity contribution in [2.75, 3.05) is 5.32 Å². The Balaban J connectivity index is 1.45. The molecule has 0 aliphatic heterocycles. The maximum Gasteiger partial charge on any atom is 0.272 e. The van der Waals surface area contributed by atoms with Crippen LogP contribution in [0.1, 0.15) is 28.0 Å². The summed E-state index contributed by atoms with van der Waals surface area (Å²) < 4.78 is 2.06. The molecule has 3 aromatic carbocycles. The summed E-state index contributed by atoms with van der Waals surface area (Å²) in [5, 5.41) is 27.3. The summed E-state index contributed by atoms with van der Waals surface area (Å²) in [5.41, 5.74) is 4.32. The summed E-state index contributed by atoms with van der Waals surface area (Å²) in [4.78, 5) is 13.5. The van der Waals surface area contributed by atoms with Crippen LogP contribution in [-0.2, 0) is 13.0 Å². The molecular weight excluding hydrogens is 426 g/mol. The molecule has 0 bridgehead atoms. The Bertz CT molecular complexity index is 1480. The second-order valence-electron chi connectivity index (χ2n) is 7.89. The van der Waals surface area contributed by atoms with Gasteiger partial charge in [-0.3, -0.25) is 4.79 Å². The number of fused-ring (bicyclic) bond motifs is 1. The van der Waals surface area contributed by atoms with E-state index in [4.69, 9.17) is 0 Å². The number of nitrogens with one attached hydrogen (secondary N) is 2. The smallest absolute Gasteiger partial charge is 0.272 e. The molecule has 5 aromatic rings. The van der Waals surface area contributed by atoms with E-state index in [2.05, 4.69) is 48.7 Å². The fourth-order valence-electron chi connectivity index (χ4n) is 4.10. The van der Waals surface area contributed by atoms with Crippen molar-refractivity contribution < 1.29 is 4.79 Å². The summed E-state index contributed by atoms with van der Waals surface area (Å²) >= 11 is 0. The maximum atomic E-state index is 13.5. The zero-order valence-electron chi connectivity index (χ0n) is 18.3. The summed E-state index contributed by atoms with van der Waals surface area (Å²) in [6.45, 7) is 0.705. The van der Waals surface area contributed by atoms with Crippen molar-refractivity contribution in [1.82, 2.24) is 25.2 Å². The highest BCUT2D eigenvalue weighted by Crippen LogP contribution is 2.28. The van der Waals surface area contributed by atoms with Gasteiger partial charge in [-0.05, 0) is 54.0 Å². The van der Waals surface area contributed by atoms with E-state index in [1.54, 1.807) is 18.2 Å². The Hall–Kier alpha value is -4.77. The number of rotatable bonds is 7. The van der Waals surface area contributed by atoms with E-state index in [-0.39, 0.29) is 5.91 Å². The van der Waals surface area contributed by atoms with E-state index in [1.165, 1.54) is 5.56 Å². The molecule has 2 heterocycles. The molecule has 2 aromatic heterocycles. The highest BCUT2D eigenvalue weighted by molar-refractivity contribution is 6.08. The number of nitrogens with zero attached hydrogens (tertiary/aromatic N) is 5. The summed E-state index contributed by atoms with van der Waals surface area (Å²) in [6, 6.07) is 27.3. The Kier molecular flexibility index (Phi) is 5.82. The van der Waals surface area contributed by atoms with Crippen molar-refractivity contribution >= 4 is 22.5 Å². The van der Waals surface area contributed by atoms with Gasteiger partial charge in [-0.1, -0.05) is 48.5 Å². The fraction of sp³-hybridized carbons (Fsp3) is 0.115. The van der Waals surface area contributed by atoms with Gasteiger partial charge < -0.3 is 9.88 Å². The Morgan fingerprint density at radius 2 is 1.85 bits per heavy atom. The first-order valence-corrected chi connectivity index (χ1v) is 10.9. The molecule has 0 saturated heterocycles. The van der Waals surface area contributed by atoms with Crippen molar-refractivity contribution in [1.29, 1.82) is 5.26 Å². The molecule has 0 aliphatic rings. The minimum Gasteiger partial charge on any atom is -0.336 e. The maximum absolute atomic E-state index is 13.5. The van der Waals surface area contributed by atoms with E-state index in [1.807, 2.05) is 48.5 Å². The Morgan fingerprint density at radius 3 is 2.65 bits per heavy atom. The largest absolute Gasteiger partial charge is 0.336 e. The van der Waals surface area contributed by atoms with Gasteiger partial charge >= 0.3 is 0 Å². The van der Waals surface area contributed by atoms with Gasteiger partial charge in [0.1, 0.15) is 5.69 Å². The van der Waals surface area contributed by atoms with E-state index < -0.39 is 0 Å². The number of anilines is 1. The number of aryl methyl sites for hydroxylation is 2.